The summed E-state index contributed by atoms with van der Waals surface area (Å²) in [7, 11) is 0. The van der Waals surface area contributed by atoms with Gasteiger partial charge in [-0.15, -0.1) is 0 Å². The van der Waals surface area contributed by atoms with E-state index < -0.39 is 5.79 Å². The molecule has 6 heteroatoms. The molecule has 1 aliphatic heterocycles. The molecule has 0 atom stereocenters. The third-order valence-corrected chi connectivity index (χ3v) is 4.92. The highest BCUT2D eigenvalue weighted by molar-refractivity contribution is 6.04. The maximum absolute atomic E-state index is 12.5. The maximum atomic E-state index is 12.5. The average Bonchev–Trinajstić information content (AvgIpc) is 3.26. The molecule has 1 spiro atoms. The molecule has 1 saturated carbocycles. The van der Waals surface area contributed by atoms with Crippen molar-refractivity contribution in [2.45, 2.75) is 44.9 Å². The van der Waals surface area contributed by atoms with Gasteiger partial charge >= 0.3 is 0 Å². The van der Waals surface area contributed by atoms with Crippen LogP contribution in [0.4, 0.5) is 5.69 Å². The van der Waals surface area contributed by atoms with Gasteiger partial charge in [-0.1, -0.05) is 12.1 Å². The van der Waals surface area contributed by atoms with Crippen LogP contribution in [0.15, 0.2) is 42.5 Å². The highest BCUT2D eigenvalue weighted by Crippen LogP contribution is 2.47. The molecule has 27 heavy (non-hydrogen) atoms. The Bertz CT molecular complexity index is 870. The lowest BCUT2D eigenvalue weighted by atomic mass is 10.1. The number of fused-ring (bicyclic) bond motifs is 1. The van der Waals surface area contributed by atoms with Crippen molar-refractivity contribution in [1.29, 1.82) is 0 Å². The molecule has 6 nitrogen and oxygen atoms in total. The largest absolute Gasteiger partial charge is 0.448 e. The molecule has 2 N–H and O–H groups in total. The summed E-state index contributed by atoms with van der Waals surface area (Å²) in [6, 6.07) is 12.6. The van der Waals surface area contributed by atoms with Gasteiger partial charge in [0.25, 0.3) is 11.7 Å². The van der Waals surface area contributed by atoms with Crippen molar-refractivity contribution >= 4 is 17.5 Å². The van der Waals surface area contributed by atoms with Gasteiger partial charge in [0.15, 0.2) is 11.5 Å². The summed E-state index contributed by atoms with van der Waals surface area (Å²) in [4.78, 5) is 23.5. The number of rotatable bonds is 4. The normalized spacial score (nSPS) is 16.3. The first-order valence-electron chi connectivity index (χ1n) is 9.20. The van der Waals surface area contributed by atoms with Crippen molar-refractivity contribution in [2.24, 2.45) is 0 Å². The quantitative estimate of drug-likeness (QED) is 0.867. The fraction of sp³-hybridized carbons (Fsp3) is 0.333. The highest BCUT2D eigenvalue weighted by atomic mass is 16.7. The van der Waals surface area contributed by atoms with Crippen molar-refractivity contribution < 1.29 is 19.1 Å². The monoisotopic (exact) mass is 366 g/mol. The number of nitrogens with one attached hydrogen (secondary N) is 2. The molecular formula is C21H22N2O4. The van der Waals surface area contributed by atoms with Gasteiger partial charge in [0.2, 0.25) is 5.91 Å². The molecular weight excluding hydrogens is 344 g/mol. The SMILES string of the molecule is CC(=O)NCc1ccc(C(=O)Nc2ccc3c(c2)OC2(CCCC2)O3)cc1. The van der Waals surface area contributed by atoms with Crippen molar-refractivity contribution in [2.75, 3.05) is 5.32 Å². The van der Waals surface area contributed by atoms with Crippen LogP contribution in [0.2, 0.25) is 0 Å². The number of carbonyl (C=O) groups is 2. The minimum absolute atomic E-state index is 0.0842. The average molecular weight is 366 g/mol. The van der Waals surface area contributed by atoms with Crippen LogP contribution < -0.4 is 20.1 Å². The number of hydrogen-bond donors (Lipinski definition) is 2. The van der Waals surface area contributed by atoms with Crippen LogP contribution in [-0.4, -0.2) is 17.6 Å². The van der Waals surface area contributed by atoms with Crippen molar-refractivity contribution in [1.82, 2.24) is 5.32 Å². The Morgan fingerprint density at radius 1 is 1.00 bits per heavy atom. The fourth-order valence-corrected chi connectivity index (χ4v) is 3.49. The Morgan fingerprint density at radius 2 is 1.70 bits per heavy atom. The molecule has 2 aromatic carbocycles. The van der Waals surface area contributed by atoms with Crippen molar-refractivity contribution in [3.8, 4) is 11.5 Å². The van der Waals surface area contributed by atoms with E-state index in [0.717, 1.165) is 37.0 Å². The summed E-state index contributed by atoms with van der Waals surface area (Å²) in [6.07, 6.45) is 4.01. The topological polar surface area (TPSA) is 76.7 Å². The van der Waals surface area contributed by atoms with Gasteiger partial charge in [0.1, 0.15) is 0 Å². The van der Waals surface area contributed by atoms with Crippen LogP contribution in [0.5, 0.6) is 11.5 Å². The zero-order chi connectivity index (χ0) is 18.9. The summed E-state index contributed by atoms with van der Waals surface area (Å²) in [5.41, 5.74) is 2.15. The van der Waals surface area contributed by atoms with Crippen LogP contribution in [0, 0.1) is 0 Å². The maximum Gasteiger partial charge on any atom is 0.255 e. The van der Waals surface area contributed by atoms with E-state index in [0.29, 0.717) is 23.5 Å². The smallest absolute Gasteiger partial charge is 0.255 e. The second-order valence-corrected chi connectivity index (χ2v) is 7.04. The van der Waals surface area contributed by atoms with Gasteiger partial charge in [-0.05, 0) is 42.7 Å². The molecule has 0 aromatic heterocycles. The Labute approximate surface area is 157 Å². The van der Waals surface area contributed by atoms with Gasteiger partial charge < -0.3 is 20.1 Å². The van der Waals surface area contributed by atoms with E-state index in [9.17, 15) is 9.59 Å². The molecule has 140 valence electrons. The lowest BCUT2D eigenvalue weighted by Crippen LogP contribution is -2.34. The Balaban J connectivity index is 1.41. The van der Waals surface area contributed by atoms with Crippen LogP contribution in [0.1, 0.15) is 48.5 Å². The minimum atomic E-state index is -0.505. The van der Waals surface area contributed by atoms with Crippen LogP contribution in [0.25, 0.3) is 0 Å². The van der Waals surface area contributed by atoms with E-state index in [4.69, 9.17) is 9.47 Å². The number of carbonyl (C=O) groups excluding carboxylic acids is 2. The first-order valence-corrected chi connectivity index (χ1v) is 9.20. The second kappa shape index (κ2) is 6.95. The number of amides is 2. The molecule has 0 bridgehead atoms. The molecule has 1 aliphatic carbocycles. The number of hydrogen-bond acceptors (Lipinski definition) is 4. The molecule has 0 unspecified atom stereocenters. The Morgan fingerprint density at radius 3 is 2.41 bits per heavy atom. The number of ether oxygens (including phenoxy) is 2. The van der Waals surface area contributed by atoms with E-state index in [2.05, 4.69) is 10.6 Å². The molecule has 4 rings (SSSR count). The van der Waals surface area contributed by atoms with Crippen LogP contribution >= 0.6 is 0 Å². The zero-order valence-electron chi connectivity index (χ0n) is 15.2. The van der Waals surface area contributed by atoms with E-state index >= 15 is 0 Å². The Kier molecular flexibility index (Phi) is 4.48. The van der Waals surface area contributed by atoms with Crippen LogP contribution in [0.3, 0.4) is 0 Å². The molecule has 1 fully saturated rings. The summed E-state index contributed by atoms with van der Waals surface area (Å²) in [5, 5.41) is 5.62. The summed E-state index contributed by atoms with van der Waals surface area (Å²) in [5.74, 6) is 0.626. The molecule has 1 heterocycles. The minimum Gasteiger partial charge on any atom is -0.448 e. The summed E-state index contributed by atoms with van der Waals surface area (Å²) < 4.78 is 12.0. The lowest BCUT2D eigenvalue weighted by Gasteiger charge is -2.21. The first kappa shape index (κ1) is 17.4. The van der Waals surface area contributed by atoms with Gasteiger partial charge in [-0.3, -0.25) is 9.59 Å². The van der Waals surface area contributed by atoms with Gasteiger partial charge in [0, 0.05) is 43.6 Å². The van der Waals surface area contributed by atoms with E-state index in [1.54, 1.807) is 12.1 Å². The van der Waals surface area contributed by atoms with E-state index in [-0.39, 0.29) is 11.8 Å². The lowest BCUT2D eigenvalue weighted by molar-refractivity contribution is -0.119. The second-order valence-electron chi connectivity index (χ2n) is 7.04. The zero-order valence-corrected chi connectivity index (χ0v) is 15.2. The van der Waals surface area contributed by atoms with E-state index in [1.165, 1.54) is 6.92 Å². The summed E-state index contributed by atoms with van der Waals surface area (Å²) >= 11 is 0. The third kappa shape index (κ3) is 3.74. The molecule has 2 aliphatic rings. The molecule has 0 radical (unpaired) electrons. The van der Waals surface area contributed by atoms with Gasteiger partial charge in [-0.25, -0.2) is 0 Å². The first-order chi connectivity index (χ1) is 13.0. The van der Waals surface area contributed by atoms with E-state index in [1.807, 2.05) is 30.3 Å². The third-order valence-electron chi connectivity index (χ3n) is 4.92. The summed E-state index contributed by atoms with van der Waals surface area (Å²) in [6.45, 7) is 1.92. The van der Waals surface area contributed by atoms with Crippen molar-refractivity contribution in [3.63, 3.8) is 0 Å². The molecule has 2 amide bonds. The van der Waals surface area contributed by atoms with Gasteiger partial charge in [0.05, 0.1) is 0 Å². The van der Waals surface area contributed by atoms with Gasteiger partial charge in [-0.2, -0.15) is 0 Å². The van der Waals surface area contributed by atoms with Crippen molar-refractivity contribution in [3.05, 3.63) is 53.6 Å². The predicted molar refractivity (Wildman–Crippen MR) is 101 cm³/mol. The predicted octanol–water partition coefficient (Wildman–Crippen LogP) is 3.62. The van der Waals surface area contributed by atoms with Crippen LogP contribution in [-0.2, 0) is 11.3 Å². The standard InChI is InChI=1S/C21H22N2O4/c1-14(24)22-13-15-4-6-16(7-5-15)20(25)23-17-8-9-18-19(12-17)27-21(26-18)10-2-3-11-21/h4-9,12H,2-3,10-11,13H2,1H3,(H,22,24)(H,23,25). The highest BCUT2D eigenvalue weighted by Gasteiger charge is 2.44. The molecule has 2 aromatic rings. The Hall–Kier alpha value is -3.02. The number of anilines is 1. The number of benzene rings is 2. The molecule has 0 saturated heterocycles. The fourth-order valence-electron chi connectivity index (χ4n) is 3.49.